The van der Waals surface area contributed by atoms with Crippen molar-refractivity contribution in [3.8, 4) is 0 Å². The molecular weight excluding hydrogens is 260 g/mol. The minimum atomic E-state index is -3.20. The fourth-order valence-electron chi connectivity index (χ4n) is 2.62. The molecule has 1 N–H and O–H groups in total. The monoisotopic (exact) mass is 290 g/mol. The van der Waals surface area contributed by atoms with Gasteiger partial charge in [0, 0.05) is 19.1 Å². The molecule has 0 radical (unpaired) electrons. The molecule has 0 atom stereocenters. The van der Waals surface area contributed by atoms with Crippen molar-refractivity contribution in [2.24, 2.45) is 0 Å². The molecule has 0 aromatic heterocycles. The summed E-state index contributed by atoms with van der Waals surface area (Å²) in [6.07, 6.45) is 5.24. The first kappa shape index (κ1) is 16.9. The van der Waals surface area contributed by atoms with E-state index in [1.165, 1.54) is 0 Å². The highest BCUT2D eigenvalue weighted by molar-refractivity contribution is 7.90. The average molecular weight is 290 g/mol. The van der Waals surface area contributed by atoms with Crippen molar-refractivity contribution in [3.63, 3.8) is 0 Å². The van der Waals surface area contributed by atoms with Crippen molar-refractivity contribution in [2.75, 3.05) is 13.6 Å². The molecule has 1 saturated carbocycles. The van der Waals surface area contributed by atoms with E-state index in [0.29, 0.717) is 6.04 Å². The van der Waals surface area contributed by atoms with Gasteiger partial charge in [-0.3, -0.25) is 0 Å². The van der Waals surface area contributed by atoms with Gasteiger partial charge in [0.05, 0.1) is 4.75 Å². The van der Waals surface area contributed by atoms with Gasteiger partial charge >= 0.3 is 0 Å². The Bertz CT molecular complexity index is 365. The van der Waals surface area contributed by atoms with E-state index in [0.717, 1.165) is 38.6 Å². The highest BCUT2D eigenvalue weighted by Gasteiger charge is 2.37. The maximum atomic E-state index is 12.4. The van der Waals surface area contributed by atoms with Crippen LogP contribution >= 0.6 is 0 Å². The van der Waals surface area contributed by atoms with E-state index in [-0.39, 0.29) is 6.04 Å². The van der Waals surface area contributed by atoms with Crippen molar-refractivity contribution >= 4 is 10.0 Å². The third-order valence-electron chi connectivity index (χ3n) is 4.05. The van der Waals surface area contributed by atoms with Crippen LogP contribution in [0.15, 0.2) is 0 Å². The first-order valence-electron chi connectivity index (χ1n) is 7.41. The smallest absolute Gasteiger partial charge is 0.219 e. The maximum absolute atomic E-state index is 12.4. The molecular formula is C14H30N2O2S. The van der Waals surface area contributed by atoms with Crippen LogP contribution in [0.4, 0.5) is 0 Å². The van der Waals surface area contributed by atoms with E-state index in [4.69, 9.17) is 0 Å². The zero-order valence-electron chi connectivity index (χ0n) is 13.1. The first-order chi connectivity index (χ1) is 8.70. The van der Waals surface area contributed by atoms with Crippen LogP contribution in [0.1, 0.15) is 59.8 Å². The van der Waals surface area contributed by atoms with Crippen LogP contribution < -0.4 is 5.32 Å². The standard InChI is InChI=1S/C14H30N2O2S/c1-6-11-15-12-7-9-13(10-8-12)16(5)19(17,18)14(2,3)4/h12-13,15H,6-11H2,1-5H3. The second-order valence-electron chi connectivity index (χ2n) is 6.59. The molecule has 0 aromatic carbocycles. The Hall–Kier alpha value is -0.130. The molecule has 0 unspecified atom stereocenters. The lowest BCUT2D eigenvalue weighted by molar-refractivity contribution is 0.246. The van der Waals surface area contributed by atoms with Crippen molar-refractivity contribution in [2.45, 2.75) is 76.6 Å². The Morgan fingerprint density at radius 2 is 1.68 bits per heavy atom. The lowest BCUT2D eigenvalue weighted by Gasteiger charge is -2.37. The average Bonchev–Trinajstić information content (AvgIpc) is 2.34. The molecule has 0 heterocycles. The summed E-state index contributed by atoms with van der Waals surface area (Å²) in [6.45, 7) is 8.54. The maximum Gasteiger partial charge on any atom is 0.219 e. The van der Waals surface area contributed by atoms with Gasteiger partial charge < -0.3 is 5.32 Å². The Morgan fingerprint density at radius 3 is 2.11 bits per heavy atom. The van der Waals surface area contributed by atoms with Gasteiger partial charge in [0.15, 0.2) is 0 Å². The number of rotatable bonds is 5. The van der Waals surface area contributed by atoms with E-state index in [1.807, 2.05) is 0 Å². The largest absolute Gasteiger partial charge is 0.314 e. The molecule has 0 amide bonds. The second-order valence-corrected chi connectivity index (χ2v) is 9.34. The summed E-state index contributed by atoms with van der Waals surface area (Å²) in [7, 11) is -1.46. The highest BCUT2D eigenvalue weighted by Crippen LogP contribution is 2.28. The molecule has 0 aromatic rings. The van der Waals surface area contributed by atoms with E-state index in [1.54, 1.807) is 32.1 Å². The lowest BCUT2D eigenvalue weighted by Crippen LogP contribution is -2.48. The van der Waals surface area contributed by atoms with Gasteiger partial charge in [-0.1, -0.05) is 6.92 Å². The molecule has 1 aliphatic carbocycles. The number of hydrogen-bond acceptors (Lipinski definition) is 3. The molecule has 0 aliphatic heterocycles. The van der Waals surface area contributed by atoms with Gasteiger partial charge in [-0.15, -0.1) is 0 Å². The number of nitrogens with one attached hydrogen (secondary N) is 1. The van der Waals surface area contributed by atoms with Crippen molar-refractivity contribution in [1.29, 1.82) is 0 Å². The van der Waals surface area contributed by atoms with Crippen LogP contribution in [0.25, 0.3) is 0 Å². The molecule has 114 valence electrons. The first-order valence-corrected chi connectivity index (χ1v) is 8.85. The number of hydrogen-bond donors (Lipinski definition) is 1. The molecule has 19 heavy (non-hydrogen) atoms. The fraction of sp³-hybridized carbons (Fsp3) is 1.00. The molecule has 5 heteroatoms. The van der Waals surface area contributed by atoms with Gasteiger partial charge in [-0.2, -0.15) is 0 Å². The van der Waals surface area contributed by atoms with E-state index in [9.17, 15) is 8.42 Å². The van der Waals surface area contributed by atoms with Crippen LogP contribution in [0, 0.1) is 0 Å². The summed E-state index contributed by atoms with van der Waals surface area (Å²) in [4.78, 5) is 0. The SMILES string of the molecule is CCCNC1CCC(N(C)S(=O)(=O)C(C)(C)C)CC1. The summed E-state index contributed by atoms with van der Waals surface area (Å²) < 4.78 is 25.7. The van der Waals surface area contributed by atoms with Gasteiger partial charge in [0.2, 0.25) is 10.0 Å². The Morgan fingerprint density at radius 1 is 1.16 bits per heavy atom. The Labute approximate surface area is 119 Å². The van der Waals surface area contributed by atoms with E-state index >= 15 is 0 Å². The van der Waals surface area contributed by atoms with Crippen LogP contribution in [0.5, 0.6) is 0 Å². The summed E-state index contributed by atoms with van der Waals surface area (Å²) in [6, 6.07) is 0.742. The van der Waals surface area contributed by atoms with Crippen LogP contribution in [-0.2, 0) is 10.0 Å². The Balaban J connectivity index is 2.56. The summed E-state index contributed by atoms with van der Waals surface area (Å²) >= 11 is 0. The molecule has 1 rings (SSSR count). The fourth-order valence-corrected chi connectivity index (χ4v) is 4.09. The van der Waals surface area contributed by atoms with Gasteiger partial charge in [0.1, 0.15) is 0 Å². The molecule has 0 spiro atoms. The summed E-state index contributed by atoms with van der Waals surface area (Å²) in [5.41, 5.74) is 0. The topological polar surface area (TPSA) is 49.4 Å². The van der Waals surface area contributed by atoms with Crippen LogP contribution in [0.2, 0.25) is 0 Å². The zero-order chi connectivity index (χ0) is 14.7. The summed E-state index contributed by atoms with van der Waals surface area (Å²) in [5.74, 6) is 0. The molecule has 4 nitrogen and oxygen atoms in total. The minimum absolute atomic E-state index is 0.170. The van der Waals surface area contributed by atoms with Crippen molar-refractivity contribution in [3.05, 3.63) is 0 Å². The van der Waals surface area contributed by atoms with Gasteiger partial charge in [-0.25, -0.2) is 12.7 Å². The van der Waals surface area contributed by atoms with Crippen molar-refractivity contribution < 1.29 is 8.42 Å². The van der Waals surface area contributed by atoms with Crippen LogP contribution in [-0.4, -0.2) is 43.1 Å². The Kier molecular flexibility index (Phi) is 5.83. The normalized spacial score (nSPS) is 25.8. The van der Waals surface area contributed by atoms with E-state index < -0.39 is 14.8 Å². The molecule has 0 bridgehead atoms. The van der Waals surface area contributed by atoms with Crippen molar-refractivity contribution in [1.82, 2.24) is 9.62 Å². The predicted molar refractivity (Wildman–Crippen MR) is 80.8 cm³/mol. The summed E-state index contributed by atoms with van der Waals surface area (Å²) in [5, 5.41) is 3.53. The predicted octanol–water partition coefficient (Wildman–Crippen LogP) is 2.36. The van der Waals surface area contributed by atoms with Crippen LogP contribution in [0.3, 0.4) is 0 Å². The third-order valence-corrected chi connectivity index (χ3v) is 6.65. The van der Waals surface area contributed by atoms with Gasteiger partial charge in [-0.05, 0) is 59.4 Å². The minimum Gasteiger partial charge on any atom is -0.314 e. The highest BCUT2D eigenvalue weighted by atomic mass is 32.2. The number of sulfonamides is 1. The van der Waals surface area contributed by atoms with Gasteiger partial charge in [0.25, 0.3) is 0 Å². The second kappa shape index (κ2) is 6.55. The zero-order valence-corrected chi connectivity index (χ0v) is 13.9. The lowest BCUT2D eigenvalue weighted by atomic mass is 9.91. The van der Waals surface area contributed by atoms with E-state index in [2.05, 4.69) is 12.2 Å². The molecule has 1 aliphatic rings. The third kappa shape index (κ3) is 4.17. The molecule has 1 fully saturated rings. The quantitative estimate of drug-likeness (QED) is 0.845. The number of nitrogens with zero attached hydrogens (tertiary/aromatic N) is 1. The molecule has 0 saturated heterocycles.